The van der Waals surface area contributed by atoms with Gasteiger partial charge in [0.1, 0.15) is 0 Å². The maximum atomic E-state index is 12.6. The zero-order valence-corrected chi connectivity index (χ0v) is 12.3. The molecule has 4 heteroatoms. The Balaban J connectivity index is 1.92. The lowest BCUT2D eigenvalue weighted by Gasteiger charge is -2.38. The van der Waals surface area contributed by atoms with Crippen molar-refractivity contribution in [1.29, 1.82) is 0 Å². The summed E-state index contributed by atoms with van der Waals surface area (Å²) in [5.74, 6) is -0.0905. The molecule has 2 amide bonds. The first-order valence-electron chi connectivity index (χ1n) is 7.78. The molecule has 0 radical (unpaired) electrons. The van der Waals surface area contributed by atoms with Gasteiger partial charge in [-0.25, -0.2) is 0 Å². The van der Waals surface area contributed by atoms with E-state index in [2.05, 4.69) is 6.92 Å². The molecule has 1 aliphatic carbocycles. The summed E-state index contributed by atoms with van der Waals surface area (Å²) in [6.07, 6.45) is 3.77. The predicted molar refractivity (Wildman–Crippen MR) is 79.0 cm³/mol. The van der Waals surface area contributed by atoms with E-state index in [0.717, 1.165) is 25.7 Å². The van der Waals surface area contributed by atoms with Crippen molar-refractivity contribution in [2.24, 2.45) is 5.92 Å². The Morgan fingerprint density at radius 3 is 2.33 bits per heavy atom. The van der Waals surface area contributed by atoms with Gasteiger partial charge < -0.3 is 5.11 Å². The first kappa shape index (κ1) is 14.3. The number of carbonyl (C=O) groups is 2. The van der Waals surface area contributed by atoms with Crippen molar-refractivity contribution in [1.82, 2.24) is 4.90 Å². The third-order valence-electron chi connectivity index (χ3n) is 4.74. The zero-order valence-electron chi connectivity index (χ0n) is 12.3. The number of hydrogen-bond acceptors (Lipinski definition) is 3. The molecule has 3 atom stereocenters. The molecule has 3 rings (SSSR count). The summed E-state index contributed by atoms with van der Waals surface area (Å²) >= 11 is 0. The van der Waals surface area contributed by atoms with Gasteiger partial charge in [-0.15, -0.1) is 0 Å². The van der Waals surface area contributed by atoms with E-state index >= 15 is 0 Å². The van der Waals surface area contributed by atoms with Gasteiger partial charge in [0.15, 0.2) is 0 Å². The highest BCUT2D eigenvalue weighted by atomic mass is 16.3. The molecular formula is C17H21NO3. The molecule has 4 nitrogen and oxygen atoms in total. The molecule has 1 aromatic rings. The summed E-state index contributed by atoms with van der Waals surface area (Å²) in [6.45, 7) is 2.12. The van der Waals surface area contributed by atoms with Gasteiger partial charge in [-0.3, -0.25) is 14.5 Å². The number of nitrogens with zero attached hydrogens (tertiary/aromatic N) is 1. The fraction of sp³-hybridized carbons (Fsp3) is 0.529. The molecule has 2 aliphatic rings. The molecule has 1 aromatic carbocycles. The summed E-state index contributed by atoms with van der Waals surface area (Å²) in [7, 11) is 0. The SMILES string of the molecule is CCCC1CCC(O)CC1N1C(=O)c2ccccc2C1=O. The van der Waals surface area contributed by atoms with Crippen LogP contribution in [0.2, 0.25) is 0 Å². The van der Waals surface area contributed by atoms with Crippen LogP contribution in [0.3, 0.4) is 0 Å². The van der Waals surface area contributed by atoms with E-state index in [0.29, 0.717) is 23.5 Å². The van der Waals surface area contributed by atoms with Gasteiger partial charge in [0, 0.05) is 6.04 Å². The summed E-state index contributed by atoms with van der Waals surface area (Å²) in [6, 6.07) is 6.83. The van der Waals surface area contributed by atoms with E-state index in [1.54, 1.807) is 24.3 Å². The molecule has 21 heavy (non-hydrogen) atoms. The quantitative estimate of drug-likeness (QED) is 0.869. The normalized spacial score (nSPS) is 28.9. The summed E-state index contributed by atoms with van der Waals surface area (Å²) in [5, 5.41) is 9.97. The lowest BCUT2D eigenvalue weighted by Crippen LogP contribution is -2.48. The van der Waals surface area contributed by atoms with Crippen LogP contribution in [0.25, 0.3) is 0 Å². The monoisotopic (exact) mass is 287 g/mol. The van der Waals surface area contributed by atoms with Gasteiger partial charge in [0.25, 0.3) is 11.8 Å². The van der Waals surface area contributed by atoms with Gasteiger partial charge in [-0.1, -0.05) is 25.5 Å². The van der Waals surface area contributed by atoms with Gasteiger partial charge in [0.05, 0.1) is 17.2 Å². The number of aliphatic hydroxyl groups is 1. The molecule has 0 bridgehead atoms. The Morgan fingerprint density at radius 1 is 1.14 bits per heavy atom. The smallest absolute Gasteiger partial charge is 0.261 e. The van der Waals surface area contributed by atoms with Crippen molar-refractivity contribution in [3.63, 3.8) is 0 Å². The molecule has 0 aromatic heterocycles. The van der Waals surface area contributed by atoms with Crippen molar-refractivity contribution in [3.05, 3.63) is 35.4 Å². The third-order valence-corrected chi connectivity index (χ3v) is 4.74. The van der Waals surface area contributed by atoms with Gasteiger partial charge in [-0.05, 0) is 43.7 Å². The highest BCUT2D eigenvalue weighted by molar-refractivity contribution is 6.21. The molecule has 1 N–H and O–H groups in total. The van der Waals surface area contributed by atoms with Gasteiger partial charge >= 0.3 is 0 Å². The van der Waals surface area contributed by atoms with Crippen LogP contribution < -0.4 is 0 Å². The molecule has 1 fully saturated rings. The van der Waals surface area contributed by atoms with Crippen molar-refractivity contribution in [2.45, 2.75) is 51.2 Å². The van der Waals surface area contributed by atoms with Crippen LogP contribution in [0.4, 0.5) is 0 Å². The number of hydrogen-bond donors (Lipinski definition) is 1. The van der Waals surface area contributed by atoms with E-state index < -0.39 is 6.10 Å². The van der Waals surface area contributed by atoms with Crippen LogP contribution in [-0.4, -0.2) is 34.0 Å². The van der Waals surface area contributed by atoms with E-state index in [9.17, 15) is 14.7 Å². The largest absolute Gasteiger partial charge is 0.393 e. The van der Waals surface area contributed by atoms with Crippen LogP contribution in [-0.2, 0) is 0 Å². The lowest BCUT2D eigenvalue weighted by atomic mass is 9.79. The number of fused-ring (bicyclic) bond motifs is 1. The minimum absolute atomic E-state index is 0.166. The van der Waals surface area contributed by atoms with Crippen molar-refractivity contribution in [2.75, 3.05) is 0 Å². The van der Waals surface area contributed by atoms with Crippen molar-refractivity contribution in [3.8, 4) is 0 Å². The Kier molecular flexibility index (Phi) is 3.81. The molecular weight excluding hydrogens is 266 g/mol. The minimum atomic E-state index is -0.410. The molecule has 0 saturated heterocycles. The number of amides is 2. The Bertz CT molecular complexity index is 534. The number of benzene rings is 1. The molecule has 3 unspecified atom stereocenters. The highest BCUT2D eigenvalue weighted by Crippen LogP contribution is 2.36. The Labute approximate surface area is 124 Å². The maximum Gasteiger partial charge on any atom is 0.261 e. The van der Waals surface area contributed by atoms with Crippen LogP contribution in [0.1, 0.15) is 59.7 Å². The number of carbonyl (C=O) groups excluding carboxylic acids is 2. The van der Waals surface area contributed by atoms with Gasteiger partial charge in [-0.2, -0.15) is 0 Å². The molecule has 1 heterocycles. The van der Waals surface area contributed by atoms with Crippen molar-refractivity contribution >= 4 is 11.8 Å². The second-order valence-electron chi connectivity index (χ2n) is 6.11. The zero-order chi connectivity index (χ0) is 15.0. The van der Waals surface area contributed by atoms with Crippen molar-refractivity contribution < 1.29 is 14.7 Å². The summed E-state index contributed by atoms with van der Waals surface area (Å²) in [4.78, 5) is 26.6. The second-order valence-corrected chi connectivity index (χ2v) is 6.11. The molecule has 1 saturated carbocycles. The first-order chi connectivity index (χ1) is 10.1. The fourth-order valence-electron chi connectivity index (χ4n) is 3.72. The van der Waals surface area contributed by atoms with Crippen LogP contribution >= 0.6 is 0 Å². The minimum Gasteiger partial charge on any atom is -0.393 e. The molecule has 112 valence electrons. The third kappa shape index (κ3) is 2.38. The second kappa shape index (κ2) is 5.60. The number of aliphatic hydroxyl groups excluding tert-OH is 1. The number of rotatable bonds is 3. The standard InChI is InChI=1S/C17H21NO3/c1-2-5-11-8-9-12(19)10-15(11)18-16(20)13-6-3-4-7-14(13)17(18)21/h3-4,6-7,11-12,15,19H,2,5,8-10H2,1H3. The van der Waals surface area contributed by atoms with E-state index in [4.69, 9.17) is 0 Å². The predicted octanol–water partition coefficient (Wildman–Crippen LogP) is 2.61. The Hall–Kier alpha value is -1.68. The Morgan fingerprint density at radius 2 is 1.76 bits per heavy atom. The lowest BCUT2D eigenvalue weighted by molar-refractivity contribution is 0.0235. The van der Waals surface area contributed by atoms with Gasteiger partial charge in [0.2, 0.25) is 0 Å². The topological polar surface area (TPSA) is 57.6 Å². The van der Waals surface area contributed by atoms with E-state index in [1.165, 1.54) is 4.90 Å². The highest BCUT2D eigenvalue weighted by Gasteiger charge is 2.44. The number of imide groups is 1. The summed E-state index contributed by atoms with van der Waals surface area (Å²) in [5.41, 5.74) is 0.996. The molecule has 0 spiro atoms. The molecule has 1 aliphatic heterocycles. The first-order valence-corrected chi connectivity index (χ1v) is 7.78. The summed E-state index contributed by atoms with van der Waals surface area (Å²) < 4.78 is 0. The van der Waals surface area contributed by atoms with Crippen LogP contribution in [0, 0.1) is 5.92 Å². The van der Waals surface area contributed by atoms with Crippen LogP contribution in [0.15, 0.2) is 24.3 Å². The average molecular weight is 287 g/mol. The van der Waals surface area contributed by atoms with E-state index in [-0.39, 0.29) is 17.9 Å². The van der Waals surface area contributed by atoms with E-state index in [1.807, 2.05) is 0 Å². The maximum absolute atomic E-state index is 12.6. The van der Waals surface area contributed by atoms with Crippen LogP contribution in [0.5, 0.6) is 0 Å². The fourth-order valence-corrected chi connectivity index (χ4v) is 3.72. The average Bonchev–Trinajstić information content (AvgIpc) is 2.74.